The summed E-state index contributed by atoms with van der Waals surface area (Å²) in [6.45, 7) is 25.4. The molecule has 0 aromatic heterocycles. The Labute approximate surface area is 371 Å². The summed E-state index contributed by atoms with van der Waals surface area (Å²) in [5.74, 6) is 0.763. The molecule has 0 N–H and O–H groups in total. The molecule has 0 spiro atoms. The van der Waals surface area contributed by atoms with Gasteiger partial charge in [-0.25, -0.2) is 0 Å². The molecule has 6 aromatic carbocycles. The van der Waals surface area contributed by atoms with Crippen LogP contribution in [0.2, 0.25) is 10.0 Å². The summed E-state index contributed by atoms with van der Waals surface area (Å²) in [7, 11) is 0. The summed E-state index contributed by atoms with van der Waals surface area (Å²) in [5, 5.41) is 1.51. The van der Waals surface area contributed by atoms with E-state index in [-0.39, 0.29) is 9.04 Å². The molecule has 0 nitrogen and oxygen atoms in total. The van der Waals surface area contributed by atoms with E-state index in [1.54, 1.807) is 3.28 Å². The van der Waals surface area contributed by atoms with Crippen molar-refractivity contribution in [3.63, 3.8) is 0 Å². The van der Waals surface area contributed by atoms with Crippen LogP contribution in [0, 0.1) is 58.8 Å². The molecular formula is C56H56Cl2Zr. The maximum atomic E-state index is 6.97. The fraction of sp³-hybridized carbons (Fsp3) is 0.268. The quantitative estimate of drug-likeness (QED) is 0.150. The third-order valence-electron chi connectivity index (χ3n) is 12.7. The molecule has 59 heavy (non-hydrogen) atoms. The van der Waals surface area contributed by atoms with Crippen molar-refractivity contribution in [2.75, 3.05) is 0 Å². The van der Waals surface area contributed by atoms with Crippen molar-refractivity contribution >= 4 is 26.4 Å². The first-order valence-corrected chi connectivity index (χ1v) is 25.8. The van der Waals surface area contributed by atoms with Gasteiger partial charge in [0.25, 0.3) is 0 Å². The Morgan fingerprint density at radius 1 is 0.576 bits per heavy atom. The molecule has 0 amide bonds. The van der Waals surface area contributed by atoms with Gasteiger partial charge in [-0.2, -0.15) is 0 Å². The summed E-state index contributed by atoms with van der Waals surface area (Å²) in [5.41, 5.74) is 22.7. The first kappa shape index (κ1) is 41.8. The molecule has 1 atom stereocenters. The van der Waals surface area contributed by atoms with Crippen LogP contribution in [0.5, 0.6) is 0 Å². The monoisotopic (exact) mass is 888 g/mol. The van der Waals surface area contributed by atoms with E-state index in [2.05, 4.69) is 185 Å². The average Bonchev–Trinajstić information content (AvgIpc) is 3.73. The van der Waals surface area contributed by atoms with Crippen molar-refractivity contribution in [2.24, 2.45) is 17.3 Å². The SMILES string of the molecule is Cc1cc(C)c(-c2ccc3c(c2)[CH]([Zr]([C]2=CC(C(C)(C)C)=CC2C(C)C)=[C](c2cccc(Cl)c2)c2cccc(Cl)c2)c2cc(-c4c(C)cc(C)cc4C)ccc2-3)c(C)c1. The standard InChI is InChI=1S/C31H29.C13H8Cl2.C12H19.Zr/c1-18-11-20(3)30(21(4)12-18)24-7-9-28-26(15-24)17-27-16-25(8-10-29(27)28)31-22(5)13-19(2)14-23(31)6;14-12-5-1-3-10(8-12)7-11-4-2-6-13(15)9-11;1-9(2)10-6-7-11(8-10)12(3,4)5;/h7-17H,1-6H3;1-6,8-9H;7-10H,1-5H3;. The van der Waals surface area contributed by atoms with Crippen molar-refractivity contribution in [1.29, 1.82) is 0 Å². The number of allylic oxidation sites excluding steroid dienone is 4. The molecule has 3 heteroatoms. The van der Waals surface area contributed by atoms with Crippen molar-refractivity contribution in [3.05, 3.63) is 196 Å². The van der Waals surface area contributed by atoms with Crippen molar-refractivity contribution < 1.29 is 21.3 Å². The van der Waals surface area contributed by atoms with Crippen molar-refractivity contribution in [3.8, 4) is 33.4 Å². The van der Waals surface area contributed by atoms with Gasteiger partial charge in [0, 0.05) is 0 Å². The average molecular weight is 891 g/mol. The molecule has 2 aliphatic carbocycles. The molecular weight excluding hydrogens is 835 g/mol. The first-order valence-electron chi connectivity index (χ1n) is 21.1. The van der Waals surface area contributed by atoms with Gasteiger partial charge in [0.15, 0.2) is 0 Å². The van der Waals surface area contributed by atoms with Gasteiger partial charge in [-0.05, 0) is 0 Å². The van der Waals surface area contributed by atoms with E-state index in [0.717, 1.165) is 10.0 Å². The Kier molecular flexibility index (Phi) is 11.5. The maximum absolute atomic E-state index is 6.97. The minimum absolute atomic E-state index is 0.0161. The van der Waals surface area contributed by atoms with Gasteiger partial charge in [-0.15, -0.1) is 0 Å². The van der Waals surface area contributed by atoms with E-state index in [4.69, 9.17) is 23.2 Å². The molecule has 1 unspecified atom stereocenters. The fourth-order valence-corrected chi connectivity index (χ4v) is 20.5. The van der Waals surface area contributed by atoms with Crippen molar-refractivity contribution in [1.82, 2.24) is 0 Å². The van der Waals surface area contributed by atoms with Gasteiger partial charge < -0.3 is 0 Å². The van der Waals surface area contributed by atoms with Crippen LogP contribution in [0.25, 0.3) is 33.4 Å². The summed E-state index contributed by atoms with van der Waals surface area (Å²) in [6, 6.07) is 41.4. The molecule has 6 aromatic rings. The van der Waals surface area contributed by atoms with E-state index < -0.39 is 21.3 Å². The number of aryl methyl sites for hydroxylation is 6. The van der Waals surface area contributed by atoms with Crippen LogP contribution < -0.4 is 0 Å². The molecule has 2 aliphatic rings. The van der Waals surface area contributed by atoms with E-state index in [1.807, 2.05) is 12.1 Å². The third kappa shape index (κ3) is 7.94. The number of rotatable bonds is 7. The van der Waals surface area contributed by atoms with E-state index in [1.165, 1.54) is 97.8 Å². The van der Waals surface area contributed by atoms with Gasteiger partial charge in [0.2, 0.25) is 0 Å². The predicted molar refractivity (Wildman–Crippen MR) is 253 cm³/mol. The summed E-state index contributed by atoms with van der Waals surface area (Å²) < 4.78 is 3.28. The second-order valence-electron chi connectivity index (χ2n) is 18.6. The summed E-state index contributed by atoms with van der Waals surface area (Å²) in [6.07, 6.45) is 5.28. The molecule has 0 saturated heterocycles. The van der Waals surface area contributed by atoms with Crippen LogP contribution in [0.4, 0.5) is 0 Å². The number of benzene rings is 6. The molecule has 0 radical (unpaired) electrons. The van der Waals surface area contributed by atoms with Gasteiger partial charge >= 0.3 is 374 Å². The predicted octanol–water partition coefficient (Wildman–Crippen LogP) is 16.3. The third-order valence-corrected chi connectivity index (χ3v) is 21.5. The fourth-order valence-electron chi connectivity index (χ4n) is 10.2. The molecule has 0 bridgehead atoms. The second kappa shape index (κ2) is 16.2. The minimum atomic E-state index is -3.28. The second-order valence-corrected chi connectivity index (χ2v) is 25.6. The van der Waals surface area contributed by atoms with Crippen LogP contribution in [0.3, 0.4) is 0 Å². The molecule has 0 fully saturated rings. The Bertz CT molecular complexity index is 2570. The topological polar surface area (TPSA) is 0 Å². The summed E-state index contributed by atoms with van der Waals surface area (Å²) >= 11 is 10.7. The molecule has 0 saturated carbocycles. The Morgan fingerprint density at radius 3 is 1.41 bits per heavy atom. The van der Waals surface area contributed by atoms with E-state index in [0.29, 0.717) is 11.8 Å². The van der Waals surface area contributed by atoms with Crippen LogP contribution in [0.1, 0.15) is 93.9 Å². The van der Waals surface area contributed by atoms with Crippen LogP contribution in [-0.2, 0) is 21.3 Å². The summed E-state index contributed by atoms with van der Waals surface area (Å²) in [4.78, 5) is 0. The zero-order chi connectivity index (χ0) is 42.1. The van der Waals surface area contributed by atoms with Crippen LogP contribution in [0.15, 0.2) is 130 Å². The van der Waals surface area contributed by atoms with Gasteiger partial charge in [0.05, 0.1) is 0 Å². The van der Waals surface area contributed by atoms with Gasteiger partial charge in [-0.1, -0.05) is 0 Å². The molecule has 0 heterocycles. The molecule has 0 aliphatic heterocycles. The number of hydrogen-bond acceptors (Lipinski definition) is 0. The number of fused-ring (bicyclic) bond motifs is 3. The Balaban J connectivity index is 1.54. The van der Waals surface area contributed by atoms with Crippen molar-refractivity contribution in [2.45, 2.75) is 79.8 Å². The number of hydrogen-bond donors (Lipinski definition) is 0. The first-order chi connectivity index (χ1) is 28.0. The molecule has 298 valence electrons. The number of halogens is 2. The van der Waals surface area contributed by atoms with Gasteiger partial charge in [-0.3, -0.25) is 0 Å². The Hall–Kier alpha value is -3.87. The van der Waals surface area contributed by atoms with E-state index >= 15 is 0 Å². The van der Waals surface area contributed by atoms with E-state index in [9.17, 15) is 0 Å². The zero-order valence-electron chi connectivity index (χ0n) is 36.5. The van der Waals surface area contributed by atoms with Crippen LogP contribution >= 0.6 is 23.2 Å². The Morgan fingerprint density at radius 2 is 1.02 bits per heavy atom. The zero-order valence-corrected chi connectivity index (χ0v) is 40.5. The normalized spacial score (nSPS) is 15.0. The van der Waals surface area contributed by atoms with Crippen LogP contribution in [-0.4, -0.2) is 3.21 Å². The van der Waals surface area contributed by atoms with Gasteiger partial charge in [0.1, 0.15) is 0 Å². The molecule has 8 rings (SSSR count).